The van der Waals surface area contributed by atoms with Gasteiger partial charge < -0.3 is 14.2 Å². The third-order valence-corrected chi connectivity index (χ3v) is 1.55. The summed E-state index contributed by atoms with van der Waals surface area (Å²) in [5.41, 5.74) is 0.386. The van der Waals surface area contributed by atoms with E-state index in [-0.39, 0.29) is 19.0 Å². The Kier molecular flexibility index (Phi) is 6.16. The Morgan fingerprint density at radius 2 is 2.00 bits per heavy atom. The second-order valence-electron chi connectivity index (χ2n) is 3.13. The van der Waals surface area contributed by atoms with Crippen LogP contribution < -0.4 is 0 Å². The molecule has 0 saturated carbocycles. The van der Waals surface area contributed by atoms with Crippen molar-refractivity contribution < 1.29 is 19.0 Å². The number of hydrogen-bond donors (Lipinski definition) is 0. The molecule has 0 saturated heterocycles. The first kappa shape index (κ1) is 13.1. The number of carbonyl (C=O) groups is 1. The maximum atomic E-state index is 11.0. The minimum absolute atomic E-state index is 0.187. The highest BCUT2D eigenvalue weighted by atomic mass is 16.7. The first-order valence-corrected chi connectivity index (χ1v) is 4.48. The molecule has 2 atom stereocenters. The molecule has 0 aliphatic heterocycles. The number of methoxy groups -OCH3 is 1. The van der Waals surface area contributed by atoms with E-state index in [0.717, 1.165) is 0 Å². The molecule has 0 N–H and O–H groups in total. The SMILES string of the molecule is C=C(C)C(=O)OCC(C)OC(C)OC. The molecule has 4 heteroatoms. The van der Waals surface area contributed by atoms with Crippen molar-refractivity contribution in [3.8, 4) is 0 Å². The van der Waals surface area contributed by atoms with Crippen LogP contribution in [0.3, 0.4) is 0 Å². The van der Waals surface area contributed by atoms with Crippen LogP contribution in [0, 0.1) is 0 Å². The molecule has 4 nitrogen and oxygen atoms in total. The summed E-state index contributed by atoms with van der Waals surface area (Å²) in [6.45, 7) is 8.86. The molecule has 0 aromatic carbocycles. The molecule has 0 radical (unpaired) electrons. The van der Waals surface area contributed by atoms with Crippen LogP contribution in [0.1, 0.15) is 20.8 Å². The third-order valence-electron chi connectivity index (χ3n) is 1.55. The first-order chi connectivity index (χ1) is 6.47. The summed E-state index contributed by atoms with van der Waals surface area (Å²) < 4.78 is 15.1. The van der Waals surface area contributed by atoms with Crippen LogP contribution in [0.5, 0.6) is 0 Å². The Labute approximate surface area is 84.8 Å². The summed E-state index contributed by atoms with van der Waals surface area (Å²) in [6, 6.07) is 0. The van der Waals surface area contributed by atoms with Crippen molar-refractivity contribution in [1.82, 2.24) is 0 Å². The largest absolute Gasteiger partial charge is 0.460 e. The van der Waals surface area contributed by atoms with E-state index in [1.54, 1.807) is 27.9 Å². The maximum absolute atomic E-state index is 11.0. The van der Waals surface area contributed by atoms with Crippen molar-refractivity contribution in [3.05, 3.63) is 12.2 Å². The molecule has 0 amide bonds. The fraction of sp³-hybridized carbons (Fsp3) is 0.700. The van der Waals surface area contributed by atoms with E-state index in [2.05, 4.69) is 6.58 Å². The molecule has 0 aromatic rings. The van der Waals surface area contributed by atoms with Crippen molar-refractivity contribution in [2.24, 2.45) is 0 Å². The Balaban J connectivity index is 3.68. The van der Waals surface area contributed by atoms with Gasteiger partial charge in [-0.05, 0) is 20.8 Å². The summed E-state index contributed by atoms with van der Waals surface area (Å²) in [6.07, 6.45) is -0.484. The Morgan fingerprint density at radius 1 is 1.43 bits per heavy atom. The average molecular weight is 202 g/mol. The molecule has 0 aromatic heterocycles. The van der Waals surface area contributed by atoms with Gasteiger partial charge in [-0.1, -0.05) is 6.58 Å². The Morgan fingerprint density at radius 3 is 2.43 bits per heavy atom. The van der Waals surface area contributed by atoms with Crippen LogP contribution in [0.25, 0.3) is 0 Å². The van der Waals surface area contributed by atoms with E-state index in [4.69, 9.17) is 14.2 Å². The average Bonchev–Trinajstić information content (AvgIpc) is 2.13. The Hall–Kier alpha value is -0.870. The van der Waals surface area contributed by atoms with Crippen molar-refractivity contribution in [3.63, 3.8) is 0 Å². The maximum Gasteiger partial charge on any atom is 0.333 e. The van der Waals surface area contributed by atoms with Crippen molar-refractivity contribution in [1.29, 1.82) is 0 Å². The number of rotatable bonds is 6. The molecular weight excluding hydrogens is 184 g/mol. The van der Waals surface area contributed by atoms with Gasteiger partial charge in [0.2, 0.25) is 0 Å². The van der Waals surface area contributed by atoms with E-state index in [0.29, 0.717) is 5.57 Å². The molecule has 0 aliphatic carbocycles. The molecule has 0 aliphatic rings. The van der Waals surface area contributed by atoms with Gasteiger partial charge in [-0.2, -0.15) is 0 Å². The molecule has 0 spiro atoms. The lowest BCUT2D eigenvalue weighted by atomic mass is 10.3. The van der Waals surface area contributed by atoms with Crippen molar-refractivity contribution >= 4 is 5.97 Å². The predicted octanol–water partition coefficient (Wildman–Crippen LogP) is 1.50. The van der Waals surface area contributed by atoms with E-state index >= 15 is 0 Å². The van der Waals surface area contributed by atoms with E-state index < -0.39 is 5.97 Å². The second-order valence-corrected chi connectivity index (χ2v) is 3.13. The first-order valence-electron chi connectivity index (χ1n) is 4.48. The fourth-order valence-electron chi connectivity index (χ4n) is 0.738. The van der Waals surface area contributed by atoms with Gasteiger partial charge in [0.25, 0.3) is 0 Å². The summed E-state index contributed by atoms with van der Waals surface area (Å²) in [5, 5.41) is 0. The van der Waals surface area contributed by atoms with Crippen molar-refractivity contribution in [2.75, 3.05) is 13.7 Å². The molecule has 0 heterocycles. The smallest absolute Gasteiger partial charge is 0.333 e. The van der Waals surface area contributed by atoms with Gasteiger partial charge >= 0.3 is 5.97 Å². The monoisotopic (exact) mass is 202 g/mol. The topological polar surface area (TPSA) is 44.8 Å². The summed E-state index contributed by atoms with van der Waals surface area (Å²) in [4.78, 5) is 11.0. The molecule has 0 fully saturated rings. The van der Waals surface area contributed by atoms with Crippen LogP contribution in [0.4, 0.5) is 0 Å². The minimum atomic E-state index is -0.398. The fourth-order valence-corrected chi connectivity index (χ4v) is 0.738. The quantitative estimate of drug-likeness (QED) is 0.372. The molecule has 14 heavy (non-hydrogen) atoms. The zero-order valence-corrected chi connectivity index (χ0v) is 9.20. The number of carbonyl (C=O) groups excluding carboxylic acids is 1. The van der Waals surface area contributed by atoms with Crippen LogP contribution >= 0.6 is 0 Å². The highest BCUT2D eigenvalue weighted by molar-refractivity contribution is 5.86. The standard InChI is InChI=1S/C10H18O4/c1-7(2)10(11)13-6-8(3)14-9(4)12-5/h8-9H,1,6H2,2-5H3. The highest BCUT2D eigenvalue weighted by Crippen LogP contribution is 2.01. The van der Waals surface area contributed by atoms with Crippen LogP contribution in [0.2, 0.25) is 0 Å². The Bertz CT molecular complexity index is 200. The highest BCUT2D eigenvalue weighted by Gasteiger charge is 2.10. The summed E-state index contributed by atoms with van der Waals surface area (Å²) in [5.74, 6) is -0.398. The van der Waals surface area contributed by atoms with Gasteiger partial charge in [0.15, 0.2) is 6.29 Å². The third kappa shape index (κ3) is 5.72. The lowest BCUT2D eigenvalue weighted by Gasteiger charge is -2.17. The van der Waals surface area contributed by atoms with Gasteiger partial charge in [-0.15, -0.1) is 0 Å². The lowest BCUT2D eigenvalue weighted by molar-refractivity contribution is -0.163. The second kappa shape index (κ2) is 6.56. The van der Waals surface area contributed by atoms with Crippen LogP contribution in [-0.2, 0) is 19.0 Å². The zero-order chi connectivity index (χ0) is 11.1. The minimum Gasteiger partial charge on any atom is -0.460 e. The van der Waals surface area contributed by atoms with Gasteiger partial charge in [0, 0.05) is 12.7 Å². The summed E-state index contributed by atoms with van der Waals surface area (Å²) >= 11 is 0. The van der Waals surface area contributed by atoms with Crippen molar-refractivity contribution in [2.45, 2.75) is 33.2 Å². The zero-order valence-electron chi connectivity index (χ0n) is 9.20. The lowest BCUT2D eigenvalue weighted by Crippen LogP contribution is -2.24. The normalized spacial score (nSPS) is 14.6. The van der Waals surface area contributed by atoms with Gasteiger partial charge in [0.1, 0.15) is 6.61 Å². The number of ether oxygens (including phenoxy) is 3. The van der Waals surface area contributed by atoms with E-state index in [1.807, 2.05) is 0 Å². The number of hydrogen-bond acceptors (Lipinski definition) is 4. The molecule has 82 valence electrons. The molecule has 0 bridgehead atoms. The molecular formula is C10H18O4. The van der Waals surface area contributed by atoms with Crippen LogP contribution in [0.15, 0.2) is 12.2 Å². The van der Waals surface area contributed by atoms with Gasteiger partial charge in [-0.25, -0.2) is 4.79 Å². The van der Waals surface area contributed by atoms with Gasteiger partial charge in [0.05, 0.1) is 6.10 Å². The van der Waals surface area contributed by atoms with Crippen LogP contribution in [-0.4, -0.2) is 32.1 Å². The summed E-state index contributed by atoms with van der Waals surface area (Å²) in [7, 11) is 1.55. The predicted molar refractivity (Wildman–Crippen MR) is 52.8 cm³/mol. The molecule has 0 rings (SSSR count). The molecule has 2 unspecified atom stereocenters. The van der Waals surface area contributed by atoms with E-state index in [9.17, 15) is 4.79 Å². The number of esters is 1. The van der Waals surface area contributed by atoms with Gasteiger partial charge in [-0.3, -0.25) is 0 Å². The van der Waals surface area contributed by atoms with E-state index in [1.165, 1.54) is 0 Å².